The first kappa shape index (κ1) is 21.2. The smallest absolute Gasteiger partial charge is 0.231 e. The molecule has 2 aromatic rings. The Bertz CT molecular complexity index is 943. The first-order chi connectivity index (χ1) is 14.6. The van der Waals surface area contributed by atoms with Gasteiger partial charge in [-0.1, -0.05) is 6.92 Å². The third-order valence-electron chi connectivity index (χ3n) is 4.61. The number of aliphatic hydroxyl groups is 1. The largest absolute Gasteiger partial charge is 0.490 e. The number of nitrogens with one attached hydrogen (secondary N) is 1. The van der Waals surface area contributed by atoms with Gasteiger partial charge in [-0.3, -0.25) is 4.79 Å². The van der Waals surface area contributed by atoms with Gasteiger partial charge in [0.05, 0.1) is 44.4 Å². The number of rotatable bonds is 8. The molecule has 1 amide bonds. The van der Waals surface area contributed by atoms with Crippen LogP contribution < -0.4 is 24.4 Å². The molecule has 0 radical (unpaired) electrons. The van der Waals surface area contributed by atoms with Crippen molar-refractivity contribution in [2.24, 2.45) is 0 Å². The summed E-state index contributed by atoms with van der Waals surface area (Å²) in [5.41, 5.74) is 1.81. The zero-order chi connectivity index (χ0) is 21.5. The standard InChI is InChI=1S/C21H24N4O5/c1-3-20(27)23-12-17(13-26)30-16-4-5-19-18(9-16)25(6-7-29-19)15-8-14(10-22)21(28-2)24-11-15/h4-5,8-9,11,17,26H,3,6-7,12-13H2,1-2H3,(H,23,27)/t17-/m1/s1. The molecule has 0 saturated heterocycles. The van der Waals surface area contributed by atoms with E-state index in [1.807, 2.05) is 4.90 Å². The molecule has 0 spiro atoms. The van der Waals surface area contributed by atoms with E-state index in [1.54, 1.807) is 37.4 Å². The van der Waals surface area contributed by atoms with E-state index in [4.69, 9.17) is 14.2 Å². The summed E-state index contributed by atoms with van der Waals surface area (Å²) >= 11 is 0. The molecule has 0 unspecified atom stereocenters. The van der Waals surface area contributed by atoms with Gasteiger partial charge < -0.3 is 29.5 Å². The number of carbonyl (C=O) groups excluding carboxylic acids is 1. The maximum absolute atomic E-state index is 11.5. The van der Waals surface area contributed by atoms with Gasteiger partial charge in [0.1, 0.15) is 35.8 Å². The number of pyridine rings is 1. The molecule has 1 aromatic heterocycles. The first-order valence-corrected chi connectivity index (χ1v) is 9.62. The quantitative estimate of drug-likeness (QED) is 0.674. The molecule has 9 nitrogen and oxygen atoms in total. The number of methoxy groups -OCH3 is 1. The van der Waals surface area contributed by atoms with Crippen molar-refractivity contribution < 1.29 is 24.1 Å². The second kappa shape index (κ2) is 9.80. The maximum atomic E-state index is 11.5. The highest BCUT2D eigenvalue weighted by Gasteiger charge is 2.22. The van der Waals surface area contributed by atoms with Gasteiger partial charge in [0.25, 0.3) is 0 Å². The molecule has 0 saturated carbocycles. The molecule has 0 aliphatic carbocycles. The summed E-state index contributed by atoms with van der Waals surface area (Å²) < 4.78 is 16.7. The number of carbonyl (C=O) groups is 1. The van der Waals surface area contributed by atoms with Gasteiger partial charge in [-0.2, -0.15) is 5.26 Å². The third kappa shape index (κ3) is 4.72. The number of fused-ring (bicyclic) bond motifs is 1. The topological polar surface area (TPSA) is 117 Å². The number of nitrogens with zero attached hydrogens (tertiary/aromatic N) is 3. The highest BCUT2D eigenvalue weighted by molar-refractivity contribution is 5.75. The van der Waals surface area contributed by atoms with Gasteiger partial charge in [-0.25, -0.2) is 4.98 Å². The van der Waals surface area contributed by atoms with E-state index >= 15 is 0 Å². The molecule has 1 atom stereocenters. The molecule has 2 heterocycles. The summed E-state index contributed by atoms with van der Waals surface area (Å²) in [7, 11) is 1.47. The van der Waals surface area contributed by atoms with E-state index in [2.05, 4.69) is 16.4 Å². The van der Waals surface area contributed by atoms with E-state index in [-0.39, 0.29) is 24.9 Å². The fraction of sp³-hybridized carbons (Fsp3) is 0.381. The Kier molecular flexibility index (Phi) is 6.93. The molecule has 0 bridgehead atoms. The van der Waals surface area contributed by atoms with Crippen LogP contribution in [0, 0.1) is 11.3 Å². The highest BCUT2D eigenvalue weighted by Crippen LogP contribution is 2.39. The fourth-order valence-corrected chi connectivity index (χ4v) is 3.06. The van der Waals surface area contributed by atoms with E-state index in [0.717, 1.165) is 11.4 Å². The van der Waals surface area contributed by atoms with Gasteiger partial charge in [0, 0.05) is 12.5 Å². The lowest BCUT2D eigenvalue weighted by Crippen LogP contribution is -2.37. The number of hydrogen-bond donors (Lipinski definition) is 2. The van der Waals surface area contributed by atoms with Crippen LogP contribution in [0.25, 0.3) is 0 Å². The van der Waals surface area contributed by atoms with Gasteiger partial charge in [0.15, 0.2) is 0 Å². The van der Waals surface area contributed by atoms with Crippen molar-refractivity contribution in [3.8, 4) is 23.4 Å². The molecule has 0 fully saturated rings. The van der Waals surface area contributed by atoms with Gasteiger partial charge in [-0.05, 0) is 18.2 Å². The number of amides is 1. The van der Waals surface area contributed by atoms with Crippen LogP contribution in [0.2, 0.25) is 0 Å². The van der Waals surface area contributed by atoms with Crippen molar-refractivity contribution in [2.45, 2.75) is 19.4 Å². The van der Waals surface area contributed by atoms with E-state index < -0.39 is 6.10 Å². The maximum Gasteiger partial charge on any atom is 0.231 e. The first-order valence-electron chi connectivity index (χ1n) is 9.62. The Morgan fingerprint density at radius 2 is 2.30 bits per heavy atom. The van der Waals surface area contributed by atoms with E-state index in [1.165, 1.54) is 7.11 Å². The number of ether oxygens (including phenoxy) is 3. The number of anilines is 2. The fourth-order valence-electron chi connectivity index (χ4n) is 3.06. The highest BCUT2D eigenvalue weighted by atomic mass is 16.5. The average molecular weight is 412 g/mol. The molecule has 1 aliphatic rings. The molecule has 158 valence electrons. The zero-order valence-electron chi connectivity index (χ0n) is 16.9. The second-order valence-corrected chi connectivity index (χ2v) is 6.57. The number of hydrogen-bond acceptors (Lipinski definition) is 8. The van der Waals surface area contributed by atoms with Gasteiger partial charge in [-0.15, -0.1) is 0 Å². The normalized spacial score (nSPS) is 13.5. The summed E-state index contributed by atoms with van der Waals surface area (Å²) in [5.74, 6) is 1.35. The lowest BCUT2D eigenvalue weighted by Gasteiger charge is -2.31. The van der Waals surface area contributed by atoms with Crippen molar-refractivity contribution in [1.29, 1.82) is 5.26 Å². The van der Waals surface area contributed by atoms with E-state index in [9.17, 15) is 15.2 Å². The van der Waals surface area contributed by atoms with Crippen LogP contribution in [0.15, 0.2) is 30.5 Å². The van der Waals surface area contributed by atoms with Crippen LogP contribution in [-0.4, -0.2) is 55.5 Å². The monoisotopic (exact) mass is 412 g/mol. The molecule has 3 rings (SSSR count). The van der Waals surface area contributed by atoms with Crippen LogP contribution in [0.1, 0.15) is 18.9 Å². The summed E-state index contributed by atoms with van der Waals surface area (Å²) in [4.78, 5) is 17.7. The van der Waals surface area contributed by atoms with Crippen molar-refractivity contribution in [3.05, 3.63) is 36.0 Å². The molecule has 2 N–H and O–H groups in total. The Hall–Kier alpha value is -3.51. The molecule has 9 heteroatoms. The van der Waals surface area contributed by atoms with Crippen LogP contribution in [0.4, 0.5) is 11.4 Å². The Morgan fingerprint density at radius 1 is 1.47 bits per heavy atom. The summed E-state index contributed by atoms with van der Waals surface area (Å²) in [5, 5.41) is 21.7. The summed E-state index contributed by atoms with van der Waals surface area (Å²) in [6, 6.07) is 9.14. The van der Waals surface area contributed by atoms with Crippen molar-refractivity contribution in [1.82, 2.24) is 10.3 Å². The molecule has 1 aromatic carbocycles. The molecule has 1 aliphatic heterocycles. The van der Waals surface area contributed by atoms with Crippen molar-refractivity contribution >= 4 is 17.3 Å². The minimum Gasteiger partial charge on any atom is -0.490 e. The van der Waals surface area contributed by atoms with Crippen LogP contribution in [0.3, 0.4) is 0 Å². The van der Waals surface area contributed by atoms with E-state index in [0.29, 0.717) is 36.6 Å². The predicted octanol–water partition coefficient (Wildman–Crippen LogP) is 1.76. The lowest BCUT2D eigenvalue weighted by molar-refractivity contribution is -0.121. The third-order valence-corrected chi connectivity index (χ3v) is 4.61. The predicted molar refractivity (Wildman–Crippen MR) is 109 cm³/mol. The van der Waals surface area contributed by atoms with Crippen LogP contribution in [0.5, 0.6) is 17.4 Å². The minimum atomic E-state index is -0.579. The summed E-state index contributed by atoms with van der Waals surface area (Å²) in [6.45, 7) is 2.76. The molecule has 30 heavy (non-hydrogen) atoms. The van der Waals surface area contributed by atoms with Crippen molar-refractivity contribution in [3.63, 3.8) is 0 Å². The zero-order valence-corrected chi connectivity index (χ0v) is 16.9. The van der Waals surface area contributed by atoms with Crippen molar-refractivity contribution in [2.75, 3.05) is 38.3 Å². The summed E-state index contributed by atoms with van der Waals surface area (Å²) in [6.07, 6.45) is 1.42. The second-order valence-electron chi connectivity index (χ2n) is 6.57. The van der Waals surface area contributed by atoms with Gasteiger partial charge in [0.2, 0.25) is 11.8 Å². The average Bonchev–Trinajstić information content (AvgIpc) is 2.80. The Labute approximate surface area is 174 Å². The number of nitriles is 1. The number of benzene rings is 1. The number of aliphatic hydroxyl groups excluding tert-OH is 1. The van der Waals surface area contributed by atoms with Crippen LogP contribution >= 0.6 is 0 Å². The Morgan fingerprint density at radius 3 is 3.00 bits per heavy atom. The molecular weight excluding hydrogens is 388 g/mol. The molecular formula is C21H24N4O5. The SMILES string of the molecule is CCC(=O)NC[C@H](CO)Oc1ccc2c(c1)N(c1cnc(OC)c(C#N)c1)CCO2. The van der Waals surface area contributed by atoms with Crippen LogP contribution in [-0.2, 0) is 4.79 Å². The number of aromatic nitrogens is 1. The Balaban J connectivity index is 1.84. The van der Waals surface area contributed by atoms with Gasteiger partial charge >= 0.3 is 0 Å². The minimum absolute atomic E-state index is 0.109. The lowest BCUT2D eigenvalue weighted by atomic mass is 10.2.